The van der Waals surface area contributed by atoms with Gasteiger partial charge in [0, 0.05) is 76.1 Å². The molecule has 0 saturated carbocycles. The fourth-order valence-electron chi connectivity index (χ4n) is 5.79. The first kappa shape index (κ1) is 25.0. The summed E-state index contributed by atoms with van der Waals surface area (Å²) in [5, 5.41) is 3.28. The van der Waals surface area contributed by atoms with Crippen LogP contribution in [0.15, 0.2) is 6.20 Å². The Morgan fingerprint density at radius 1 is 1.26 bits per heavy atom. The predicted octanol–water partition coefficient (Wildman–Crippen LogP) is 2.39. The van der Waals surface area contributed by atoms with E-state index < -0.39 is 5.92 Å². The first-order valence-electron chi connectivity index (χ1n) is 12.8. The number of anilines is 1. The van der Waals surface area contributed by atoms with Gasteiger partial charge in [0.25, 0.3) is 5.92 Å². The van der Waals surface area contributed by atoms with E-state index in [2.05, 4.69) is 27.1 Å². The van der Waals surface area contributed by atoms with Gasteiger partial charge in [-0.05, 0) is 50.6 Å². The topological polar surface area (TPSA) is 90.6 Å². The van der Waals surface area contributed by atoms with Crippen molar-refractivity contribution in [3.63, 3.8) is 0 Å². The van der Waals surface area contributed by atoms with Crippen molar-refractivity contribution in [3.8, 4) is 0 Å². The number of nitrogens with zero attached hydrogens (tertiary/aromatic N) is 5. The summed E-state index contributed by atoms with van der Waals surface area (Å²) in [7, 11) is 0. The SMILES string of the molecule is CCCN1C[C@@H](NC(=O)N(CC)CCN2CCC(F)(F)CC2)C[C@@H]2Cc3nc(N)ncc3C[C@H]21. The van der Waals surface area contributed by atoms with Crippen LogP contribution in [0.25, 0.3) is 0 Å². The zero-order valence-electron chi connectivity index (χ0n) is 20.5. The van der Waals surface area contributed by atoms with E-state index in [9.17, 15) is 13.6 Å². The van der Waals surface area contributed by atoms with Gasteiger partial charge in [0.15, 0.2) is 0 Å². The van der Waals surface area contributed by atoms with E-state index in [1.165, 1.54) is 5.56 Å². The Morgan fingerprint density at radius 2 is 2.03 bits per heavy atom. The molecule has 0 radical (unpaired) electrons. The molecule has 190 valence electrons. The van der Waals surface area contributed by atoms with Crippen molar-refractivity contribution in [2.24, 2.45) is 5.92 Å². The number of nitrogens with two attached hydrogens (primary N) is 1. The maximum Gasteiger partial charge on any atom is 0.317 e. The number of nitrogen functional groups attached to an aromatic ring is 1. The zero-order chi connectivity index (χ0) is 24.3. The van der Waals surface area contributed by atoms with Crippen LogP contribution in [0, 0.1) is 5.92 Å². The third-order valence-electron chi connectivity index (χ3n) is 7.69. The highest BCUT2D eigenvalue weighted by molar-refractivity contribution is 5.74. The molecule has 1 aliphatic carbocycles. The first-order chi connectivity index (χ1) is 16.3. The fourth-order valence-corrected chi connectivity index (χ4v) is 5.79. The molecule has 0 spiro atoms. The molecule has 2 fully saturated rings. The monoisotopic (exact) mass is 479 g/mol. The molecule has 1 aromatic rings. The smallest absolute Gasteiger partial charge is 0.317 e. The van der Waals surface area contributed by atoms with E-state index in [4.69, 9.17) is 5.73 Å². The highest BCUT2D eigenvalue weighted by Crippen LogP contribution is 2.34. The minimum Gasteiger partial charge on any atom is -0.368 e. The van der Waals surface area contributed by atoms with Crippen LogP contribution in [-0.4, -0.2) is 94.5 Å². The van der Waals surface area contributed by atoms with Gasteiger partial charge in [-0.2, -0.15) is 0 Å². The minimum atomic E-state index is -2.54. The molecule has 34 heavy (non-hydrogen) atoms. The van der Waals surface area contributed by atoms with Crippen molar-refractivity contribution in [2.45, 2.75) is 70.4 Å². The van der Waals surface area contributed by atoms with Gasteiger partial charge in [-0.1, -0.05) is 6.92 Å². The van der Waals surface area contributed by atoms with E-state index in [0.717, 1.165) is 44.5 Å². The summed E-state index contributed by atoms with van der Waals surface area (Å²) >= 11 is 0. The lowest BCUT2D eigenvalue weighted by Crippen LogP contribution is -2.59. The molecule has 2 amide bonds. The summed E-state index contributed by atoms with van der Waals surface area (Å²) < 4.78 is 26.8. The second-order valence-corrected chi connectivity index (χ2v) is 10.1. The van der Waals surface area contributed by atoms with Gasteiger partial charge in [-0.15, -0.1) is 0 Å². The average molecular weight is 480 g/mol. The second kappa shape index (κ2) is 10.7. The number of urea groups is 1. The predicted molar refractivity (Wildman–Crippen MR) is 128 cm³/mol. The lowest BCUT2D eigenvalue weighted by molar-refractivity contribution is -0.0556. The lowest BCUT2D eigenvalue weighted by atomic mass is 9.76. The van der Waals surface area contributed by atoms with Gasteiger partial charge in [0.1, 0.15) is 0 Å². The van der Waals surface area contributed by atoms with Crippen molar-refractivity contribution in [2.75, 3.05) is 51.5 Å². The molecular formula is C24H39F2N7O. The number of halogens is 2. The molecule has 0 unspecified atom stereocenters. The van der Waals surface area contributed by atoms with Crippen LogP contribution < -0.4 is 11.1 Å². The van der Waals surface area contributed by atoms with Crippen LogP contribution in [0.4, 0.5) is 19.5 Å². The quantitative estimate of drug-likeness (QED) is 0.624. The number of alkyl halides is 2. The van der Waals surface area contributed by atoms with Gasteiger partial charge >= 0.3 is 6.03 Å². The number of carbonyl (C=O) groups excluding carboxylic acids is 1. The van der Waals surface area contributed by atoms with Crippen LogP contribution >= 0.6 is 0 Å². The second-order valence-electron chi connectivity index (χ2n) is 10.1. The molecule has 3 N–H and O–H groups in total. The number of rotatable bonds is 7. The largest absolute Gasteiger partial charge is 0.368 e. The molecule has 1 aromatic heterocycles. The van der Waals surface area contributed by atoms with Crippen molar-refractivity contribution in [3.05, 3.63) is 17.5 Å². The molecular weight excluding hydrogens is 440 g/mol. The number of carbonyl (C=O) groups is 1. The lowest BCUT2D eigenvalue weighted by Gasteiger charge is -2.47. The number of hydrogen-bond donors (Lipinski definition) is 2. The number of likely N-dealkylation sites (N-methyl/N-ethyl adjacent to an activating group) is 1. The summed E-state index contributed by atoms with van der Waals surface area (Å²) in [6.45, 7) is 8.54. The zero-order valence-corrected chi connectivity index (χ0v) is 20.5. The molecule has 8 nitrogen and oxygen atoms in total. The Hall–Kier alpha value is -2.07. The van der Waals surface area contributed by atoms with Crippen LogP contribution in [0.2, 0.25) is 0 Å². The van der Waals surface area contributed by atoms with Gasteiger partial charge in [0.2, 0.25) is 5.95 Å². The highest BCUT2D eigenvalue weighted by atomic mass is 19.3. The van der Waals surface area contributed by atoms with Crippen molar-refractivity contribution in [1.29, 1.82) is 0 Å². The number of piperidine rings is 2. The van der Waals surface area contributed by atoms with Crippen LogP contribution in [-0.2, 0) is 12.8 Å². The molecule has 0 bridgehead atoms. The third kappa shape index (κ3) is 5.94. The van der Waals surface area contributed by atoms with Crippen molar-refractivity contribution < 1.29 is 13.6 Å². The van der Waals surface area contributed by atoms with E-state index in [0.29, 0.717) is 50.6 Å². The summed E-state index contributed by atoms with van der Waals surface area (Å²) in [5.74, 6) is -1.81. The number of hydrogen-bond acceptors (Lipinski definition) is 6. The summed E-state index contributed by atoms with van der Waals surface area (Å²) in [4.78, 5) is 28.1. The summed E-state index contributed by atoms with van der Waals surface area (Å²) in [5.41, 5.74) is 8.05. The first-order valence-corrected chi connectivity index (χ1v) is 12.8. The fraction of sp³-hybridized carbons (Fsp3) is 0.792. The molecule has 2 saturated heterocycles. The van der Waals surface area contributed by atoms with E-state index in [-0.39, 0.29) is 24.9 Å². The van der Waals surface area contributed by atoms with Crippen molar-refractivity contribution in [1.82, 2.24) is 30.0 Å². The Balaban J connectivity index is 1.34. The molecule has 3 aliphatic rings. The highest BCUT2D eigenvalue weighted by Gasteiger charge is 2.40. The maximum atomic E-state index is 13.4. The maximum absolute atomic E-state index is 13.4. The van der Waals surface area contributed by atoms with Crippen LogP contribution in [0.1, 0.15) is 50.8 Å². The molecule has 2 aliphatic heterocycles. The van der Waals surface area contributed by atoms with E-state index >= 15 is 0 Å². The van der Waals surface area contributed by atoms with E-state index in [1.807, 2.05) is 18.0 Å². The van der Waals surface area contributed by atoms with Gasteiger partial charge in [-0.25, -0.2) is 23.5 Å². The Labute approximate surface area is 201 Å². The van der Waals surface area contributed by atoms with E-state index in [1.54, 1.807) is 4.90 Å². The summed E-state index contributed by atoms with van der Waals surface area (Å²) in [6, 6.07) is 0.448. The number of aromatic nitrogens is 2. The number of likely N-dealkylation sites (tertiary alicyclic amines) is 2. The Morgan fingerprint density at radius 3 is 2.74 bits per heavy atom. The van der Waals surface area contributed by atoms with Gasteiger partial charge in [0.05, 0.1) is 0 Å². The number of fused-ring (bicyclic) bond motifs is 2. The molecule has 3 atom stereocenters. The third-order valence-corrected chi connectivity index (χ3v) is 7.69. The van der Waals surface area contributed by atoms with Crippen molar-refractivity contribution >= 4 is 12.0 Å². The van der Waals surface area contributed by atoms with Crippen LogP contribution in [0.3, 0.4) is 0 Å². The van der Waals surface area contributed by atoms with Crippen LogP contribution in [0.5, 0.6) is 0 Å². The molecule has 4 rings (SSSR count). The molecule has 10 heteroatoms. The molecule has 0 aromatic carbocycles. The molecule has 3 heterocycles. The number of nitrogens with one attached hydrogen (secondary N) is 1. The summed E-state index contributed by atoms with van der Waals surface area (Å²) in [6.07, 6.45) is 5.44. The number of amides is 2. The van der Waals surface area contributed by atoms with Gasteiger partial charge in [-0.3, -0.25) is 4.90 Å². The Bertz CT molecular complexity index is 845. The van der Waals surface area contributed by atoms with Gasteiger partial charge < -0.3 is 20.9 Å². The standard InChI is InChI=1S/C24H39F2N7O/c1-3-7-33-16-19(12-17-13-20-18(14-21(17)33)15-28-22(27)30-20)29-23(34)32(4-2)11-10-31-8-5-24(25,26)6-9-31/h15,17,19,21H,3-14,16H2,1-2H3,(H,29,34)(H2,27,28,30)/t17-,19+,21-/m1/s1. The normalized spacial score (nSPS) is 27.0. The minimum absolute atomic E-state index is 0.0625. The average Bonchev–Trinajstić information content (AvgIpc) is 2.79. The Kier molecular flexibility index (Phi) is 7.87.